The number of hydrogen-bond donors (Lipinski definition) is 1. The molecule has 0 aromatic carbocycles. The smallest absolute Gasteiger partial charge is 0.260 e. The Labute approximate surface area is 203 Å². The summed E-state index contributed by atoms with van der Waals surface area (Å²) in [5.74, 6) is 2.22. The highest BCUT2D eigenvalue weighted by atomic mass is 16.2. The van der Waals surface area contributed by atoms with Crippen LogP contribution in [0.5, 0.6) is 0 Å². The predicted molar refractivity (Wildman–Crippen MR) is 132 cm³/mol. The first-order chi connectivity index (χ1) is 17.0. The topological polar surface area (TPSA) is 102 Å². The van der Waals surface area contributed by atoms with E-state index in [1.165, 1.54) is 0 Å². The van der Waals surface area contributed by atoms with Crippen LogP contribution in [0.4, 0.5) is 5.82 Å². The number of nitrogens with one attached hydrogen (secondary N) is 1. The van der Waals surface area contributed by atoms with E-state index in [9.17, 15) is 4.79 Å². The molecule has 1 N–H and O–H groups in total. The summed E-state index contributed by atoms with van der Waals surface area (Å²) in [6, 6.07) is 13.2. The summed E-state index contributed by atoms with van der Waals surface area (Å²) in [7, 11) is 1.87. The lowest BCUT2D eigenvalue weighted by Crippen LogP contribution is -2.25. The average Bonchev–Trinajstić information content (AvgIpc) is 3.54. The third kappa shape index (κ3) is 3.50. The molecule has 176 valence electrons. The number of aromatic nitrogens is 6. The molecule has 0 bridgehead atoms. The molecular weight excluding hydrogens is 440 g/mol. The molecule has 6 heterocycles. The molecule has 0 saturated heterocycles. The van der Waals surface area contributed by atoms with Crippen molar-refractivity contribution in [1.82, 2.24) is 35.0 Å². The predicted octanol–water partition coefficient (Wildman–Crippen LogP) is 3.36. The highest BCUT2D eigenvalue weighted by Crippen LogP contribution is 2.36. The average molecular weight is 467 g/mol. The lowest BCUT2D eigenvalue weighted by Gasteiger charge is -2.22. The van der Waals surface area contributed by atoms with E-state index in [0.29, 0.717) is 35.9 Å². The van der Waals surface area contributed by atoms with Gasteiger partial charge in [0.1, 0.15) is 17.3 Å². The van der Waals surface area contributed by atoms with Crippen LogP contribution in [0, 0.1) is 0 Å². The number of hydrogen-bond acceptors (Lipinski definition) is 7. The van der Waals surface area contributed by atoms with E-state index in [4.69, 9.17) is 9.97 Å². The van der Waals surface area contributed by atoms with Crippen molar-refractivity contribution in [3.63, 3.8) is 0 Å². The molecule has 0 aliphatic carbocycles. The molecule has 0 fully saturated rings. The minimum Gasteiger partial charge on any atom is -0.314 e. The van der Waals surface area contributed by atoms with Gasteiger partial charge >= 0.3 is 0 Å². The van der Waals surface area contributed by atoms with E-state index < -0.39 is 0 Å². The summed E-state index contributed by atoms with van der Waals surface area (Å²) >= 11 is 0. The molecule has 9 heteroatoms. The first kappa shape index (κ1) is 21.5. The van der Waals surface area contributed by atoms with Gasteiger partial charge in [0.25, 0.3) is 5.91 Å². The summed E-state index contributed by atoms with van der Waals surface area (Å²) in [6.07, 6.45) is 3.65. The van der Waals surface area contributed by atoms with Gasteiger partial charge in [-0.25, -0.2) is 9.97 Å². The fourth-order valence-electron chi connectivity index (χ4n) is 5.02. The monoisotopic (exact) mass is 466 g/mol. The lowest BCUT2D eigenvalue weighted by molar-refractivity contribution is 0.0996. The fourth-order valence-corrected chi connectivity index (χ4v) is 5.02. The van der Waals surface area contributed by atoms with Gasteiger partial charge in [0.05, 0.1) is 23.6 Å². The van der Waals surface area contributed by atoms with Crippen LogP contribution in [0.3, 0.4) is 0 Å². The van der Waals surface area contributed by atoms with Crippen LogP contribution in [0.15, 0.2) is 48.7 Å². The van der Waals surface area contributed by atoms with Crippen molar-refractivity contribution in [3.8, 4) is 22.9 Å². The number of anilines is 1. The van der Waals surface area contributed by atoms with E-state index >= 15 is 0 Å². The maximum atomic E-state index is 13.6. The Kier molecular flexibility index (Phi) is 4.96. The number of aryl methyl sites for hydroxylation is 1. The summed E-state index contributed by atoms with van der Waals surface area (Å²) in [5, 5.41) is 12.0. The Balaban J connectivity index is 1.39. The van der Waals surface area contributed by atoms with Gasteiger partial charge in [-0.15, -0.1) is 10.2 Å². The van der Waals surface area contributed by atoms with Gasteiger partial charge < -0.3 is 9.88 Å². The highest BCUT2D eigenvalue weighted by molar-refractivity contribution is 6.10. The van der Waals surface area contributed by atoms with Gasteiger partial charge in [-0.3, -0.25) is 14.7 Å². The van der Waals surface area contributed by atoms with Crippen LogP contribution < -0.4 is 10.2 Å². The van der Waals surface area contributed by atoms with Crippen molar-refractivity contribution >= 4 is 11.7 Å². The molecule has 0 radical (unpaired) electrons. The van der Waals surface area contributed by atoms with Crippen LogP contribution in [0.1, 0.15) is 47.7 Å². The second-order valence-electron chi connectivity index (χ2n) is 9.59. The molecule has 0 saturated carbocycles. The zero-order valence-electron chi connectivity index (χ0n) is 20.0. The summed E-state index contributed by atoms with van der Waals surface area (Å²) in [5.41, 5.74) is 4.47. The van der Waals surface area contributed by atoms with Gasteiger partial charge in [-0.05, 0) is 57.6 Å². The van der Waals surface area contributed by atoms with Gasteiger partial charge in [-0.2, -0.15) is 0 Å². The molecule has 35 heavy (non-hydrogen) atoms. The van der Waals surface area contributed by atoms with E-state index in [2.05, 4.69) is 38.9 Å². The molecule has 2 aliphatic rings. The van der Waals surface area contributed by atoms with E-state index in [0.717, 1.165) is 41.4 Å². The Bertz CT molecular complexity index is 1440. The Morgan fingerprint density at radius 3 is 2.69 bits per heavy atom. The summed E-state index contributed by atoms with van der Waals surface area (Å²) < 4.78 is 2.17. The molecular formula is C26H26N8O. The van der Waals surface area contributed by atoms with Gasteiger partial charge in [0, 0.05) is 35.8 Å². The lowest BCUT2D eigenvalue weighted by atomic mass is 10.0. The third-order valence-electron chi connectivity index (χ3n) is 6.81. The number of amides is 1. The zero-order valence-corrected chi connectivity index (χ0v) is 20.0. The van der Waals surface area contributed by atoms with Gasteiger partial charge in [0.15, 0.2) is 5.82 Å². The van der Waals surface area contributed by atoms with Crippen molar-refractivity contribution in [3.05, 3.63) is 71.3 Å². The number of carbonyl (C=O) groups is 1. The fraction of sp³-hybridized carbons (Fsp3) is 0.308. The van der Waals surface area contributed by atoms with Crippen molar-refractivity contribution in [2.24, 2.45) is 0 Å². The number of carbonyl (C=O) groups excluding carboxylic acids is 1. The highest BCUT2D eigenvalue weighted by Gasteiger charge is 2.35. The van der Waals surface area contributed by atoms with Crippen LogP contribution in [0.25, 0.3) is 22.9 Å². The number of pyridine rings is 3. The Morgan fingerprint density at radius 2 is 1.89 bits per heavy atom. The first-order valence-corrected chi connectivity index (χ1v) is 11.8. The molecule has 0 unspecified atom stereocenters. The van der Waals surface area contributed by atoms with Gasteiger partial charge in [-0.1, -0.05) is 12.1 Å². The molecule has 6 rings (SSSR count). The molecule has 9 nitrogen and oxygen atoms in total. The number of nitrogens with zero attached hydrogens (tertiary/aromatic N) is 7. The second-order valence-corrected chi connectivity index (χ2v) is 9.59. The maximum Gasteiger partial charge on any atom is 0.260 e. The molecule has 0 atom stereocenters. The number of fused-ring (bicyclic) bond motifs is 2. The SMILES string of the molecule is CNCc1nc(-c2ccccn2)cc2c1CN(c1cccc(-c3nnc4n3C(C)(C)CC4)n1)C2=O. The van der Waals surface area contributed by atoms with Crippen molar-refractivity contribution in [1.29, 1.82) is 0 Å². The van der Waals surface area contributed by atoms with Crippen molar-refractivity contribution in [2.45, 2.75) is 45.3 Å². The molecule has 4 aromatic rings. The summed E-state index contributed by atoms with van der Waals surface area (Å²) in [4.78, 5) is 29.4. The van der Waals surface area contributed by atoms with Crippen molar-refractivity contribution < 1.29 is 4.79 Å². The minimum absolute atomic E-state index is 0.0683. The van der Waals surface area contributed by atoms with E-state index in [1.54, 1.807) is 11.1 Å². The third-order valence-corrected chi connectivity index (χ3v) is 6.81. The zero-order chi connectivity index (χ0) is 24.2. The number of rotatable bonds is 5. The van der Waals surface area contributed by atoms with E-state index in [-0.39, 0.29) is 11.4 Å². The minimum atomic E-state index is -0.0895. The molecule has 1 amide bonds. The van der Waals surface area contributed by atoms with Gasteiger partial charge in [0.2, 0.25) is 0 Å². The normalized spacial score (nSPS) is 16.0. The molecule has 0 spiro atoms. The molecule has 2 aliphatic heterocycles. The van der Waals surface area contributed by atoms with Crippen molar-refractivity contribution in [2.75, 3.05) is 11.9 Å². The second kappa shape index (κ2) is 8.06. The first-order valence-electron chi connectivity index (χ1n) is 11.8. The largest absolute Gasteiger partial charge is 0.314 e. The summed E-state index contributed by atoms with van der Waals surface area (Å²) in [6.45, 7) is 5.35. The van der Waals surface area contributed by atoms with Crippen LogP contribution in [0.2, 0.25) is 0 Å². The van der Waals surface area contributed by atoms with Crippen LogP contribution >= 0.6 is 0 Å². The quantitative estimate of drug-likeness (QED) is 0.481. The standard InChI is InChI=1S/C26H26N8O/c1-26(2)11-10-23-31-32-24(34(23)26)19-8-6-9-22(30-19)33-15-17-16(25(33)35)13-20(29-21(17)14-27-3)18-7-4-5-12-28-18/h4-9,12-13,27H,10-11,14-15H2,1-3H3. The van der Waals surface area contributed by atoms with Crippen LogP contribution in [-0.4, -0.2) is 42.7 Å². The van der Waals surface area contributed by atoms with Crippen LogP contribution in [-0.2, 0) is 25.0 Å². The van der Waals surface area contributed by atoms with E-state index in [1.807, 2.05) is 49.5 Å². The Hall–Kier alpha value is -3.98. The Morgan fingerprint density at radius 1 is 1.03 bits per heavy atom. The molecule has 4 aromatic heterocycles. The maximum absolute atomic E-state index is 13.6.